The molecule has 1 aliphatic carbocycles. The summed E-state index contributed by atoms with van der Waals surface area (Å²) < 4.78 is 24.5. The van der Waals surface area contributed by atoms with Crippen LogP contribution in [0.5, 0.6) is 11.5 Å². The molecule has 1 heterocycles. The molecule has 0 radical (unpaired) electrons. The highest BCUT2D eigenvalue weighted by molar-refractivity contribution is 5.88. The van der Waals surface area contributed by atoms with E-state index in [0.29, 0.717) is 12.3 Å². The predicted octanol–water partition coefficient (Wildman–Crippen LogP) is 4.07. The molecule has 136 valence electrons. The van der Waals surface area contributed by atoms with Gasteiger partial charge in [0, 0.05) is 6.54 Å². The van der Waals surface area contributed by atoms with Crippen LogP contribution in [0.2, 0.25) is 0 Å². The topological polar surface area (TPSA) is 47.6 Å². The molecule has 1 amide bonds. The molecule has 1 aliphatic heterocycles. The molecule has 1 saturated carbocycles. The van der Waals surface area contributed by atoms with Gasteiger partial charge in [-0.2, -0.15) is 0 Å². The first-order valence-corrected chi connectivity index (χ1v) is 9.10. The Morgan fingerprint density at radius 3 is 2.65 bits per heavy atom. The summed E-state index contributed by atoms with van der Waals surface area (Å²) in [6, 6.07) is 12.1. The minimum absolute atomic E-state index is 0.0273. The van der Waals surface area contributed by atoms with Gasteiger partial charge < -0.3 is 14.8 Å². The Balaban J connectivity index is 1.53. The number of halogens is 1. The summed E-state index contributed by atoms with van der Waals surface area (Å²) in [6.45, 7) is 0.639. The Hall–Kier alpha value is -2.56. The number of carbonyl (C=O) groups excluding carboxylic acids is 1. The van der Waals surface area contributed by atoms with Crippen LogP contribution in [0.3, 0.4) is 0 Å². The largest absolute Gasteiger partial charge is 0.454 e. The summed E-state index contributed by atoms with van der Waals surface area (Å²) >= 11 is 0. The van der Waals surface area contributed by atoms with Gasteiger partial charge in [0.1, 0.15) is 5.82 Å². The number of carbonyl (C=O) groups is 1. The number of amides is 1. The van der Waals surface area contributed by atoms with Crippen LogP contribution in [0.25, 0.3) is 0 Å². The zero-order valence-electron chi connectivity index (χ0n) is 14.6. The molecule has 4 nitrogen and oxygen atoms in total. The molecule has 0 bridgehead atoms. The lowest BCUT2D eigenvalue weighted by Gasteiger charge is -2.36. The third-order valence-electron chi connectivity index (χ3n) is 5.41. The van der Waals surface area contributed by atoms with Crippen LogP contribution in [0.15, 0.2) is 42.5 Å². The Labute approximate surface area is 152 Å². The maximum atomic E-state index is 13.8. The molecule has 26 heavy (non-hydrogen) atoms. The first kappa shape index (κ1) is 16.9. The normalized spacial score (nSPS) is 17.7. The Morgan fingerprint density at radius 2 is 1.85 bits per heavy atom. The molecule has 0 aromatic heterocycles. The average Bonchev–Trinajstić information content (AvgIpc) is 3.14. The van der Waals surface area contributed by atoms with Gasteiger partial charge in [0.05, 0.1) is 5.41 Å². The minimum Gasteiger partial charge on any atom is -0.454 e. The van der Waals surface area contributed by atoms with Crippen LogP contribution >= 0.6 is 0 Å². The van der Waals surface area contributed by atoms with Gasteiger partial charge in [0.2, 0.25) is 12.7 Å². The highest BCUT2D eigenvalue weighted by Crippen LogP contribution is 2.40. The van der Waals surface area contributed by atoms with Gasteiger partial charge in [-0.15, -0.1) is 0 Å². The summed E-state index contributed by atoms with van der Waals surface area (Å²) in [5.41, 5.74) is 1.09. The van der Waals surface area contributed by atoms with Gasteiger partial charge in [-0.05, 0) is 48.2 Å². The lowest BCUT2D eigenvalue weighted by atomic mass is 9.68. The molecule has 0 spiro atoms. The first-order chi connectivity index (χ1) is 12.7. The van der Waals surface area contributed by atoms with E-state index in [0.717, 1.165) is 49.0 Å². The highest BCUT2D eigenvalue weighted by Gasteiger charge is 2.41. The van der Waals surface area contributed by atoms with Gasteiger partial charge in [0.25, 0.3) is 0 Å². The van der Waals surface area contributed by atoms with E-state index in [9.17, 15) is 9.18 Å². The van der Waals surface area contributed by atoms with Crippen LogP contribution in [0, 0.1) is 5.82 Å². The van der Waals surface area contributed by atoms with Crippen molar-refractivity contribution in [1.82, 2.24) is 5.32 Å². The second-order valence-corrected chi connectivity index (χ2v) is 7.02. The van der Waals surface area contributed by atoms with Gasteiger partial charge in [0.15, 0.2) is 11.5 Å². The summed E-state index contributed by atoms with van der Waals surface area (Å²) in [5, 5.41) is 3.06. The van der Waals surface area contributed by atoms with E-state index in [2.05, 4.69) is 5.32 Å². The van der Waals surface area contributed by atoms with E-state index in [1.807, 2.05) is 24.3 Å². The molecule has 2 aromatic carbocycles. The van der Waals surface area contributed by atoms with E-state index in [1.165, 1.54) is 12.1 Å². The number of hydrogen-bond acceptors (Lipinski definition) is 3. The third-order valence-corrected chi connectivity index (χ3v) is 5.41. The Morgan fingerprint density at radius 1 is 1.04 bits per heavy atom. The van der Waals surface area contributed by atoms with Crippen molar-refractivity contribution in [3.8, 4) is 11.5 Å². The standard InChI is InChI=1S/C21H22FNO3/c22-17-6-4-5-16(12-17)21(9-2-1-3-10-21)20(24)23-13-15-7-8-18-19(11-15)26-14-25-18/h4-8,11-12H,1-3,9-10,13-14H2,(H,23,24). The van der Waals surface area contributed by atoms with Crippen molar-refractivity contribution in [3.05, 3.63) is 59.4 Å². The smallest absolute Gasteiger partial charge is 0.231 e. The molecule has 4 rings (SSSR count). The summed E-state index contributed by atoms with van der Waals surface area (Å²) in [7, 11) is 0. The molecule has 2 aliphatic rings. The van der Waals surface area contributed by atoms with Crippen molar-refractivity contribution in [3.63, 3.8) is 0 Å². The number of rotatable bonds is 4. The van der Waals surface area contributed by atoms with Crippen LogP contribution in [0.4, 0.5) is 4.39 Å². The molecule has 5 heteroatoms. The Bertz CT molecular complexity index is 815. The average molecular weight is 355 g/mol. The fourth-order valence-corrected chi connectivity index (χ4v) is 3.99. The van der Waals surface area contributed by atoms with Crippen molar-refractivity contribution < 1.29 is 18.7 Å². The molecule has 1 fully saturated rings. The zero-order chi connectivity index (χ0) is 18.0. The quantitative estimate of drug-likeness (QED) is 0.899. The van der Waals surface area contributed by atoms with E-state index in [4.69, 9.17) is 9.47 Å². The molecular weight excluding hydrogens is 333 g/mol. The van der Waals surface area contributed by atoms with Crippen LogP contribution in [-0.2, 0) is 16.8 Å². The molecule has 2 aromatic rings. The van der Waals surface area contributed by atoms with Crippen LogP contribution in [-0.4, -0.2) is 12.7 Å². The number of hydrogen-bond donors (Lipinski definition) is 1. The number of ether oxygens (including phenoxy) is 2. The fourth-order valence-electron chi connectivity index (χ4n) is 3.99. The van der Waals surface area contributed by atoms with Gasteiger partial charge in [-0.1, -0.05) is 37.5 Å². The van der Waals surface area contributed by atoms with E-state index in [-0.39, 0.29) is 18.5 Å². The summed E-state index contributed by atoms with van der Waals surface area (Å²) in [4.78, 5) is 13.1. The second kappa shape index (κ2) is 6.98. The van der Waals surface area contributed by atoms with Crippen molar-refractivity contribution in [2.45, 2.75) is 44.1 Å². The summed E-state index contributed by atoms with van der Waals surface area (Å²) in [5.74, 6) is 1.11. The van der Waals surface area contributed by atoms with Crippen molar-refractivity contribution >= 4 is 5.91 Å². The van der Waals surface area contributed by atoms with Crippen molar-refractivity contribution in [2.75, 3.05) is 6.79 Å². The van der Waals surface area contributed by atoms with Crippen LogP contribution < -0.4 is 14.8 Å². The summed E-state index contributed by atoms with van der Waals surface area (Å²) in [6.07, 6.45) is 4.58. The number of fused-ring (bicyclic) bond motifs is 1. The molecule has 0 atom stereocenters. The molecule has 1 N–H and O–H groups in total. The monoisotopic (exact) mass is 355 g/mol. The van der Waals surface area contributed by atoms with Gasteiger partial charge in [-0.25, -0.2) is 4.39 Å². The second-order valence-electron chi connectivity index (χ2n) is 7.02. The lowest BCUT2D eigenvalue weighted by molar-refractivity contribution is -0.128. The van der Waals surface area contributed by atoms with E-state index >= 15 is 0 Å². The number of benzene rings is 2. The molecule has 0 saturated heterocycles. The first-order valence-electron chi connectivity index (χ1n) is 9.10. The van der Waals surface area contributed by atoms with Gasteiger partial charge in [-0.3, -0.25) is 4.79 Å². The van der Waals surface area contributed by atoms with Crippen molar-refractivity contribution in [1.29, 1.82) is 0 Å². The zero-order valence-corrected chi connectivity index (χ0v) is 14.6. The number of nitrogens with one attached hydrogen (secondary N) is 1. The molecular formula is C21H22FNO3. The lowest BCUT2D eigenvalue weighted by Crippen LogP contribution is -2.45. The molecule has 0 unspecified atom stereocenters. The van der Waals surface area contributed by atoms with E-state index < -0.39 is 5.41 Å². The maximum Gasteiger partial charge on any atom is 0.231 e. The maximum absolute atomic E-state index is 13.8. The van der Waals surface area contributed by atoms with Crippen molar-refractivity contribution in [2.24, 2.45) is 0 Å². The van der Waals surface area contributed by atoms with E-state index in [1.54, 1.807) is 6.07 Å². The predicted molar refractivity (Wildman–Crippen MR) is 95.6 cm³/mol. The third kappa shape index (κ3) is 3.14. The minimum atomic E-state index is -0.642. The highest BCUT2D eigenvalue weighted by atomic mass is 19.1. The van der Waals surface area contributed by atoms with Gasteiger partial charge >= 0.3 is 0 Å². The van der Waals surface area contributed by atoms with Crippen LogP contribution in [0.1, 0.15) is 43.2 Å². The Kier molecular flexibility index (Phi) is 4.53. The SMILES string of the molecule is O=C(NCc1ccc2c(c1)OCO2)C1(c2cccc(F)c2)CCCCC1. The fraction of sp³-hybridized carbons (Fsp3) is 0.381.